The minimum Gasteiger partial charge on any atom is -0.315 e. The first-order valence-electron chi connectivity index (χ1n) is 5.02. The second-order valence-electron chi connectivity index (χ2n) is 3.64. The van der Waals surface area contributed by atoms with E-state index in [0.717, 1.165) is 24.5 Å². The Kier molecular flexibility index (Phi) is 4.21. The molecule has 1 aromatic rings. The van der Waals surface area contributed by atoms with E-state index < -0.39 is 0 Å². The lowest BCUT2D eigenvalue weighted by Crippen LogP contribution is -2.33. The van der Waals surface area contributed by atoms with Crippen molar-refractivity contribution in [2.45, 2.75) is 11.7 Å². The van der Waals surface area contributed by atoms with Gasteiger partial charge in [0.2, 0.25) is 0 Å². The van der Waals surface area contributed by atoms with Crippen molar-refractivity contribution in [3.05, 3.63) is 33.8 Å². The van der Waals surface area contributed by atoms with Crippen molar-refractivity contribution in [3.63, 3.8) is 0 Å². The summed E-state index contributed by atoms with van der Waals surface area (Å²) in [5.74, 6) is 1.19. The van der Waals surface area contributed by atoms with Gasteiger partial charge in [-0.1, -0.05) is 29.3 Å². The number of hydrogen-bond donors (Lipinski definition) is 1. The second-order valence-corrected chi connectivity index (χ2v) is 5.89. The first kappa shape index (κ1) is 11.6. The molecule has 0 spiro atoms. The highest BCUT2D eigenvalue weighted by Gasteiger charge is 2.15. The molecular weight excluding hydrogens is 249 g/mol. The summed E-state index contributed by atoms with van der Waals surface area (Å²) in [6, 6.07) is 5.75. The fourth-order valence-electron chi connectivity index (χ4n) is 1.68. The van der Waals surface area contributed by atoms with E-state index in [9.17, 15) is 0 Å². The number of nitrogens with one attached hydrogen (secondary N) is 1. The number of rotatable bonds is 2. The maximum Gasteiger partial charge on any atom is 0.0453 e. The average Bonchev–Trinajstić information content (AvgIpc) is 2.24. The molecule has 1 saturated heterocycles. The van der Waals surface area contributed by atoms with Gasteiger partial charge in [-0.2, -0.15) is 11.8 Å². The van der Waals surface area contributed by atoms with E-state index in [4.69, 9.17) is 23.2 Å². The minimum absolute atomic E-state index is 0.637. The SMILES string of the molecule is Clc1ccc(CC2CNCCS2)c(Cl)c1. The van der Waals surface area contributed by atoms with Crippen LogP contribution >= 0.6 is 35.0 Å². The van der Waals surface area contributed by atoms with Gasteiger partial charge in [0.25, 0.3) is 0 Å². The predicted octanol–water partition coefficient (Wildman–Crippen LogP) is 3.24. The van der Waals surface area contributed by atoms with Crippen molar-refractivity contribution in [3.8, 4) is 0 Å². The highest BCUT2D eigenvalue weighted by molar-refractivity contribution is 8.00. The summed E-state index contributed by atoms with van der Waals surface area (Å²) in [4.78, 5) is 0. The topological polar surface area (TPSA) is 12.0 Å². The third-order valence-corrected chi connectivity index (χ3v) is 4.30. The molecule has 1 heterocycles. The van der Waals surface area contributed by atoms with Crippen LogP contribution in [0.25, 0.3) is 0 Å². The molecular formula is C11H13Cl2NS. The Morgan fingerprint density at radius 2 is 2.27 bits per heavy atom. The maximum absolute atomic E-state index is 6.13. The van der Waals surface area contributed by atoms with Gasteiger partial charge in [0, 0.05) is 34.1 Å². The van der Waals surface area contributed by atoms with Crippen molar-refractivity contribution < 1.29 is 0 Å². The number of hydrogen-bond acceptors (Lipinski definition) is 2. The molecule has 0 amide bonds. The summed E-state index contributed by atoms with van der Waals surface area (Å²) in [5.41, 5.74) is 1.20. The first-order chi connectivity index (χ1) is 7.25. The van der Waals surface area contributed by atoms with Crippen molar-refractivity contribution >= 4 is 35.0 Å². The first-order valence-corrected chi connectivity index (χ1v) is 6.82. The molecule has 1 aromatic carbocycles. The Bertz CT molecular complexity index is 337. The molecule has 0 aliphatic carbocycles. The fourth-order valence-corrected chi connectivity index (χ4v) is 3.30. The molecule has 1 N–H and O–H groups in total. The Morgan fingerprint density at radius 1 is 1.40 bits per heavy atom. The van der Waals surface area contributed by atoms with Gasteiger partial charge in [-0.25, -0.2) is 0 Å². The average molecular weight is 262 g/mol. The van der Waals surface area contributed by atoms with Crippen molar-refractivity contribution in [2.75, 3.05) is 18.8 Å². The molecule has 1 aliphatic rings. The van der Waals surface area contributed by atoms with E-state index in [1.165, 1.54) is 11.3 Å². The minimum atomic E-state index is 0.637. The summed E-state index contributed by atoms with van der Waals surface area (Å²) < 4.78 is 0. The van der Waals surface area contributed by atoms with E-state index in [-0.39, 0.29) is 0 Å². The van der Waals surface area contributed by atoms with Crippen LogP contribution in [0.1, 0.15) is 5.56 Å². The Hall–Kier alpha value is 0.110. The van der Waals surface area contributed by atoms with Crippen LogP contribution < -0.4 is 5.32 Å². The van der Waals surface area contributed by atoms with E-state index in [1.807, 2.05) is 30.0 Å². The summed E-state index contributed by atoms with van der Waals surface area (Å²) in [6.07, 6.45) is 1.02. The molecule has 15 heavy (non-hydrogen) atoms. The highest BCUT2D eigenvalue weighted by Crippen LogP contribution is 2.25. The molecule has 4 heteroatoms. The van der Waals surface area contributed by atoms with Gasteiger partial charge in [0.15, 0.2) is 0 Å². The third-order valence-electron chi connectivity index (χ3n) is 2.47. The number of thioether (sulfide) groups is 1. The van der Waals surface area contributed by atoms with Crippen LogP contribution in [0.15, 0.2) is 18.2 Å². The van der Waals surface area contributed by atoms with E-state index in [2.05, 4.69) is 5.32 Å². The molecule has 0 aromatic heterocycles. The smallest absolute Gasteiger partial charge is 0.0453 e. The second kappa shape index (κ2) is 5.44. The Morgan fingerprint density at radius 3 is 2.93 bits per heavy atom. The van der Waals surface area contributed by atoms with Gasteiger partial charge in [-0.3, -0.25) is 0 Å². The number of benzene rings is 1. The fraction of sp³-hybridized carbons (Fsp3) is 0.455. The zero-order chi connectivity index (χ0) is 10.7. The molecule has 0 saturated carbocycles. The van der Waals surface area contributed by atoms with Crippen LogP contribution in [-0.2, 0) is 6.42 Å². The standard InChI is InChI=1S/C11H13Cl2NS/c12-9-2-1-8(11(13)6-9)5-10-7-14-3-4-15-10/h1-2,6,10,14H,3-5,7H2. The molecule has 0 bridgehead atoms. The lowest BCUT2D eigenvalue weighted by molar-refractivity contribution is 0.667. The molecule has 1 nitrogen and oxygen atoms in total. The monoisotopic (exact) mass is 261 g/mol. The molecule has 2 rings (SSSR count). The summed E-state index contributed by atoms with van der Waals surface area (Å²) in [5, 5.41) is 5.52. The quantitative estimate of drug-likeness (QED) is 0.878. The van der Waals surface area contributed by atoms with Gasteiger partial charge in [0.05, 0.1) is 0 Å². The number of halogens is 2. The summed E-state index contributed by atoms with van der Waals surface area (Å²) in [7, 11) is 0. The van der Waals surface area contributed by atoms with E-state index >= 15 is 0 Å². The third kappa shape index (κ3) is 3.28. The lowest BCUT2D eigenvalue weighted by Gasteiger charge is -2.22. The van der Waals surface area contributed by atoms with Gasteiger partial charge in [0.1, 0.15) is 0 Å². The van der Waals surface area contributed by atoms with Crippen molar-refractivity contribution in [1.29, 1.82) is 0 Å². The van der Waals surface area contributed by atoms with Crippen LogP contribution in [0, 0.1) is 0 Å². The molecule has 1 aliphatic heterocycles. The van der Waals surface area contributed by atoms with Crippen LogP contribution in [0.5, 0.6) is 0 Å². The van der Waals surface area contributed by atoms with Gasteiger partial charge in [-0.15, -0.1) is 0 Å². The zero-order valence-electron chi connectivity index (χ0n) is 8.30. The predicted molar refractivity (Wildman–Crippen MR) is 69.3 cm³/mol. The van der Waals surface area contributed by atoms with Crippen LogP contribution in [-0.4, -0.2) is 24.1 Å². The highest BCUT2D eigenvalue weighted by atomic mass is 35.5. The lowest BCUT2D eigenvalue weighted by atomic mass is 10.1. The van der Waals surface area contributed by atoms with E-state index in [0.29, 0.717) is 10.3 Å². The molecule has 82 valence electrons. The molecule has 0 radical (unpaired) electrons. The largest absolute Gasteiger partial charge is 0.315 e. The van der Waals surface area contributed by atoms with Gasteiger partial charge >= 0.3 is 0 Å². The maximum atomic E-state index is 6.13. The van der Waals surface area contributed by atoms with Crippen LogP contribution in [0.3, 0.4) is 0 Å². The van der Waals surface area contributed by atoms with Crippen LogP contribution in [0.4, 0.5) is 0 Å². The molecule has 1 fully saturated rings. The van der Waals surface area contributed by atoms with Crippen molar-refractivity contribution in [1.82, 2.24) is 5.32 Å². The summed E-state index contributed by atoms with van der Waals surface area (Å²) in [6.45, 7) is 2.19. The summed E-state index contributed by atoms with van der Waals surface area (Å²) >= 11 is 14.0. The van der Waals surface area contributed by atoms with Gasteiger partial charge in [-0.05, 0) is 24.1 Å². The van der Waals surface area contributed by atoms with Gasteiger partial charge < -0.3 is 5.32 Å². The van der Waals surface area contributed by atoms with E-state index in [1.54, 1.807) is 0 Å². The van der Waals surface area contributed by atoms with Crippen molar-refractivity contribution in [2.24, 2.45) is 0 Å². The molecule has 1 atom stereocenters. The Balaban J connectivity index is 2.03. The zero-order valence-corrected chi connectivity index (χ0v) is 10.6. The normalized spacial score (nSPS) is 21.6. The van der Waals surface area contributed by atoms with Crippen LogP contribution in [0.2, 0.25) is 10.0 Å². The Labute approximate surface area is 105 Å². The molecule has 1 unspecified atom stereocenters.